The van der Waals surface area contributed by atoms with E-state index in [2.05, 4.69) is 19.2 Å². The molecule has 22 heavy (non-hydrogen) atoms. The molecule has 0 spiro atoms. The third-order valence-electron chi connectivity index (χ3n) is 4.26. The van der Waals surface area contributed by atoms with Crippen molar-refractivity contribution in [1.29, 1.82) is 0 Å². The number of benzene rings is 2. The fourth-order valence-corrected chi connectivity index (χ4v) is 3.64. The minimum Gasteiger partial charge on any atom is -0.324 e. The number of piperidine rings is 1. The quantitative estimate of drug-likeness (QED) is 0.788. The zero-order valence-electron chi connectivity index (χ0n) is 13.0. The van der Waals surface area contributed by atoms with Crippen molar-refractivity contribution in [3.8, 4) is 0 Å². The van der Waals surface area contributed by atoms with Gasteiger partial charge >= 0.3 is 6.03 Å². The second kappa shape index (κ2) is 6.17. The van der Waals surface area contributed by atoms with E-state index in [4.69, 9.17) is 11.6 Å². The summed E-state index contributed by atoms with van der Waals surface area (Å²) in [7, 11) is 0. The normalized spacial score (nSPS) is 21.9. The van der Waals surface area contributed by atoms with Crippen LogP contribution in [0.4, 0.5) is 10.5 Å². The van der Waals surface area contributed by atoms with Crippen molar-refractivity contribution >= 4 is 34.1 Å². The summed E-state index contributed by atoms with van der Waals surface area (Å²) in [6, 6.07) is 11.7. The first-order valence-electron chi connectivity index (χ1n) is 7.77. The van der Waals surface area contributed by atoms with Gasteiger partial charge in [0.05, 0.1) is 10.7 Å². The number of hydrogen-bond donors (Lipinski definition) is 1. The Hall–Kier alpha value is -1.74. The molecule has 0 radical (unpaired) electrons. The molecule has 1 aliphatic heterocycles. The lowest BCUT2D eigenvalue weighted by Gasteiger charge is -2.35. The number of nitrogens with zero attached hydrogens (tertiary/aromatic N) is 1. The largest absolute Gasteiger partial charge is 0.324 e. The molecule has 0 saturated carbocycles. The molecule has 1 saturated heterocycles. The van der Waals surface area contributed by atoms with E-state index in [0.29, 0.717) is 22.5 Å². The maximum Gasteiger partial charge on any atom is 0.321 e. The van der Waals surface area contributed by atoms with E-state index in [0.717, 1.165) is 23.9 Å². The van der Waals surface area contributed by atoms with Crippen LogP contribution in [-0.2, 0) is 0 Å². The Kier molecular flexibility index (Phi) is 4.25. The number of hydrogen-bond acceptors (Lipinski definition) is 1. The summed E-state index contributed by atoms with van der Waals surface area (Å²) in [5.74, 6) is 1.09. The van der Waals surface area contributed by atoms with E-state index >= 15 is 0 Å². The number of halogens is 1. The molecule has 3 rings (SSSR count). The van der Waals surface area contributed by atoms with E-state index in [1.807, 2.05) is 41.3 Å². The van der Waals surface area contributed by atoms with Gasteiger partial charge in [0, 0.05) is 18.5 Å². The highest BCUT2D eigenvalue weighted by Crippen LogP contribution is 2.31. The molecule has 1 fully saturated rings. The first-order chi connectivity index (χ1) is 10.5. The van der Waals surface area contributed by atoms with Crippen LogP contribution in [0.5, 0.6) is 0 Å². The van der Waals surface area contributed by atoms with Crippen LogP contribution in [0.3, 0.4) is 0 Å². The number of anilines is 1. The molecule has 1 N–H and O–H groups in total. The summed E-state index contributed by atoms with van der Waals surface area (Å²) in [5.41, 5.74) is 0.677. The first-order valence-corrected chi connectivity index (χ1v) is 8.15. The summed E-state index contributed by atoms with van der Waals surface area (Å²) >= 11 is 6.45. The SMILES string of the molecule is CC1CC(C)CN(C(=O)Nc2ccc3ccccc3c2Cl)C1. The number of fused-ring (bicyclic) bond motifs is 1. The molecule has 3 nitrogen and oxygen atoms in total. The summed E-state index contributed by atoms with van der Waals surface area (Å²) < 4.78 is 0. The van der Waals surface area contributed by atoms with Gasteiger partial charge in [0.25, 0.3) is 0 Å². The van der Waals surface area contributed by atoms with Crippen molar-refractivity contribution in [2.24, 2.45) is 11.8 Å². The van der Waals surface area contributed by atoms with Gasteiger partial charge in [-0.25, -0.2) is 4.79 Å². The average Bonchev–Trinajstić information content (AvgIpc) is 2.49. The minimum absolute atomic E-state index is 0.0596. The summed E-state index contributed by atoms with van der Waals surface area (Å²) in [6.07, 6.45) is 1.18. The molecule has 1 aliphatic rings. The van der Waals surface area contributed by atoms with Crippen LogP contribution in [0.2, 0.25) is 5.02 Å². The van der Waals surface area contributed by atoms with Crippen molar-refractivity contribution in [1.82, 2.24) is 4.90 Å². The van der Waals surface area contributed by atoms with Gasteiger partial charge in [0.1, 0.15) is 0 Å². The van der Waals surface area contributed by atoms with Crippen LogP contribution in [-0.4, -0.2) is 24.0 Å². The maximum atomic E-state index is 12.5. The van der Waals surface area contributed by atoms with Crippen LogP contribution in [0.1, 0.15) is 20.3 Å². The predicted molar refractivity (Wildman–Crippen MR) is 92.5 cm³/mol. The van der Waals surface area contributed by atoms with Crippen LogP contribution in [0.15, 0.2) is 36.4 Å². The van der Waals surface area contributed by atoms with Crippen LogP contribution < -0.4 is 5.32 Å². The predicted octanol–water partition coefficient (Wildman–Crippen LogP) is 5.00. The Morgan fingerprint density at radius 1 is 1.14 bits per heavy atom. The smallest absolute Gasteiger partial charge is 0.321 e. The number of amides is 2. The standard InChI is InChI=1S/C18H21ClN2O/c1-12-9-13(2)11-21(10-12)18(22)20-16-8-7-14-5-3-4-6-15(14)17(16)19/h3-8,12-13H,9-11H2,1-2H3,(H,20,22). The number of urea groups is 1. The van der Waals surface area contributed by atoms with E-state index < -0.39 is 0 Å². The maximum absolute atomic E-state index is 12.5. The molecule has 0 bridgehead atoms. The lowest BCUT2D eigenvalue weighted by molar-refractivity contribution is 0.156. The monoisotopic (exact) mass is 316 g/mol. The van der Waals surface area contributed by atoms with Crippen molar-refractivity contribution in [2.75, 3.05) is 18.4 Å². The van der Waals surface area contributed by atoms with E-state index in [-0.39, 0.29) is 6.03 Å². The fraction of sp³-hybridized carbons (Fsp3) is 0.389. The molecule has 2 aromatic rings. The summed E-state index contributed by atoms with van der Waals surface area (Å²) in [5, 5.41) is 5.60. The molecule has 2 aromatic carbocycles. The average molecular weight is 317 g/mol. The topological polar surface area (TPSA) is 32.3 Å². The molecule has 2 unspecified atom stereocenters. The summed E-state index contributed by atoms with van der Waals surface area (Å²) in [6.45, 7) is 6.00. The van der Waals surface area contributed by atoms with Crippen molar-refractivity contribution in [3.05, 3.63) is 41.4 Å². The Morgan fingerprint density at radius 2 is 1.82 bits per heavy atom. The number of rotatable bonds is 1. The Labute approximate surface area is 136 Å². The van der Waals surface area contributed by atoms with E-state index in [1.54, 1.807) is 0 Å². The van der Waals surface area contributed by atoms with Gasteiger partial charge in [-0.05, 0) is 29.7 Å². The van der Waals surface area contributed by atoms with Crippen molar-refractivity contribution < 1.29 is 4.79 Å². The molecule has 4 heteroatoms. The second-order valence-electron chi connectivity index (χ2n) is 6.43. The minimum atomic E-state index is -0.0596. The lowest BCUT2D eigenvalue weighted by atomic mass is 9.92. The highest BCUT2D eigenvalue weighted by Gasteiger charge is 2.25. The lowest BCUT2D eigenvalue weighted by Crippen LogP contribution is -2.44. The zero-order valence-corrected chi connectivity index (χ0v) is 13.7. The van der Waals surface area contributed by atoms with Crippen LogP contribution in [0, 0.1) is 11.8 Å². The van der Waals surface area contributed by atoms with Gasteiger partial charge in [0.15, 0.2) is 0 Å². The molecule has 0 aliphatic carbocycles. The Bertz CT molecular complexity index is 691. The molecule has 0 aromatic heterocycles. The Morgan fingerprint density at radius 3 is 2.55 bits per heavy atom. The van der Waals surface area contributed by atoms with E-state index in [9.17, 15) is 4.79 Å². The third-order valence-corrected chi connectivity index (χ3v) is 4.67. The molecule has 2 amide bonds. The van der Waals surface area contributed by atoms with Gasteiger partial charge in [-0.3, -0.25) is 0 Å². The molecule has 116 valence electrons. The highest BCUT2D eigenvalue weighted by molar-refractivity contribution is 6.38. The molecule has 2 atom stereocenters. The van der Waals surface area contributed by atoms with Crippen molar-refractivity contribution in [3.63, 3.8) is 0 Å². The number of carbonyl (C=O) groups is 1. The third kappa shape index (κ3) is 3.05. The van der Waals surface area contributed by atoms with Crippen LogP contribution in [0.25, 0.3) is 10.8 Å². The number of likely N-dealkylation sites (tertiary alicyclic amines) is 1. The van der Waals surface area contributed by atoms with Crippen molar-refractivity contribution in [2.45, 2.75) is 20.3 Å². The van der Waals surface area contributed by atoms with Gasteiger partial charge in [0.2, 0.25) is 0 Å². The summed E-state index contributed by atoms with van der Waals surface area (Å²) in [4.78, 5) is 14.4. The van der Waals surface area contributed by atoms with Gasteiger partial charge in [-0.2, -0.15) is 0 Å². The van der Waals surface area contributed by atoms with Crippen LogP contribution >= 0.6 is 11.6 Å². The molecule has 1 heterocycles. The van der Waals surface area contributed by atoms with Gasteiger partial charge in [-0.15, -0.1) is 0 Å². The first kappa shape index (κ1) is 15.2. The zero-order chi connectivity index (χ0) is 15.7. The fourth-order valence-electron chi connectivity index (χ4n) is 3.35. The molecular weight excluding hydrogens is 296 g/mol. The van der Waals surface area contributed by atoms with Gasteiger partial charge < -0.3 is 10.2 Å². The van der Waals surface area contributed by atoms with Gasteiger partial charge in [-0.1, -0.05) is 55.8 Å². The second-order valence-corrected chi connectivity index (χ2v) is 6.81. The number of nitrogens with one attached hydrogen (secondary N) is 1. The highest BCUT2D eigenvalue weighted by atomic mass is 35.5. The number of carbonyl (C=O) groups excluding carboxylic acids is 1. The molecular formula is C18H21ClN2O. The Balaban J connectivity index is 1.81. The van der Waals surface area contributed by atoms with E-state index in [1.165, 1.54) is 6.42 Å².